The summed E-state index contributed by atoms with van der Waals surface area (Å²) >= 11 is 2.71. The van der Waals surface area contributed by atoms with E-state index < -0.39 is 0 Å². The normalized spacial score (nSPS) is 6.33. The Labute approximate surface area is 61.9 Å². The first-order valence-corrected chi connectivity index (χ1v) is 2.76. The maximum absolute atomic E-state index is 9.71. The second kappa shape index (κ2) is 6.27. The fourth-order valence-corrected chi connectivity index (χ4v) is 0. The van der Waals surface area contributed by atoms with Crippen LogP contribution < -0.4 is 0 Å². The van der Waals surface area contributed by atoms with Gasteiger partial charge in [-0.05, 0) is 15.9 Å². The molecule has 1 nitrogen and oxygen atoms in total. The first kappa shape index (κ1) is 10.3. The van der Waals surface area contributed by atoms with E-state index in [4.69, 9.17) is 0 Å². The first-order valence-electron chi connectivity index (χ1n) is 1.15. The molecule has 0 spiro atoms. The van der Waals surface area contributed by atoms with Crippen LogP contribution in [0.25, 0.3) is 0 Å². The van der Waals surface area contributed by atoms with Crippen molar-refractivity contribution in [2.75, 3.05) is 6.16 Å². The number of carbonyl (C=O) groups excluding carboxylic acids is 1. The average molecular weight is 350 g/mol. The molecule has 0 aliphatic heterocycles. The fraction of sp³-hybridized carbons (Fsp3) is 0.500. The van der Waals surface area contributed by atoms with Gasteiger partial charge in [-0.15, -0.1) is 9.24 Å². The Kier molecular flexibility index (Phi) is 10.7. The summed E-state index contributed by atoms with van der Waals surface area (Å²) in [5.74, 6) is 0. The summed E-state index contributed by atoms with van der Waals surface area (Å²) in [6, 6.07) is 0. The van der Waals surface area contributed by atoms with Crippen molar-refractivity contribution in [3.8, 4) is 0 Å². The minimum atomic E-state index is 0. The van der Waals surface area contributed by atoms with Gasteiger partial charge in [-0.1, -0.05) is 0 Å². The van der Waals surface area contributed by atoms with E-state index in [-0.39, 0.29) is 25.8 Å². The molecule has 40 valence electrons. The van der Waals surface area contributed by atoms with Crippen LogP contribution in [0.3, 0.4) is 0 Å². The molecule has 0 bridgehead atoms. The number of hydrogen-bond acceptors (Lipinski definition) is 1. The van der Waals surface area contributed by atoms with Crippen LogP contribution >= 0.6 is 25.2 Å². The predicted molar refractivity (Wildman–Crippen MR) is 28.5 cm³/mol. The zero-order valence-corrected chi connectivity index (χ0v) is 7.90. The SMILES string of the molecule is O=C(Br)CP.[Pt]. The van der Waals surface area contributed by atoms with Crippen molar-refractivity contribution < 1.29 is 25.9 Å². The molecule has 6 heavy (non-hydrogen) atoms. The van der Waals surface area contributed by atoms with E-state index in [2.05, 4.69) is 25.2 Å². The zero-order valence-electron chi connectivity index (χ0n) is 2.89. The topological polar surface area (TPSA) is 17.1 Å². The number of rotatable bonds is 1. The Morgan fingerprint density at radius 3 is 2.00 bits per heavy atom. The summed E-state index contributed by atoms with van der Waals surface area (Å²) in [5.41, 5.74) is 0. The standard InChI is InChI=1S/C2H4BrOP.Pt/c3-2(4)1-5;/h1,5H2;. The Morgan fingerprint density at radius 1 is 1.83 bits per heavy atom. The molecule has 0 aliphatic carbocycles. The Hall–Kier alpha value is 1.27. The zero-order chi connectivity index (χ0) is 4.28. The summed E-state index contributed by atoms with van der Waals surface area (Å²) in [6.07, 6.45) is 0.500. The van der Waals surface area contributed by atoms with Gasteiger partial charge in [0.15, 0.2) is 0 Å². The van der Waals surface area contributed by atoms with Gasteiger partial charge in [0.25, 0.3) is 0 Å². The quantitative estimate of drug-likeness (QED) is 0.505. The van der Waals surface area contributed by atoms with Crippen LogP contribution in [-0.4, -0.2) is 10.9 Å². The van der Waals surface area contributed by atoms with Crippen LogP contribution in [0.4, 0.5) is 0 Å². The molecule has 0 fully saturated rings. The van der Waals surface area contributed by atoms with Gasteiger partial charge < -0.3 is 0 Å². The number of hydrogen-bond donors (Lipinski definition) is 0. The van der Waals surface area contributed by atoms with Gasteiger partial charge >= 0.3 is 0 Å². The van der Waals surface area contributed by atoms with E-state index in [1.165, 1.54) is 0 Å². The fourth-order valence-electron chi connectivity index (χ4n) is 0. The molecule has 1 unspecified atom stereocenters. The van der Waals surface area contributed by atoms with Crippen LogP contribution in [0.15, 0.2) is 0 Å². The van der Waals surface area contributed by atoms with Crippen molar-refractivity contribution in [2.24, 2.45) is 0 Å². The maximum Gasteiger partial charge on any atom is 0.201 e. The predicted octanol–water partition coefficient (Wildman–Crippen LogP) is 0.780. The summed E-state index contributed by atoms with van der Waals surface area (Å²) in [7, 11) is 2.30. The monoisotopic (exact) mass is 349 g/mol. The van der Waals surface area contributed by atoms with Crippen molar-refractivity contribution in [3.63, 3.8) is 0 Å². The van der Waals surface area contributed by atoms with Crippen LogP contribution in [-0.2, 0) is 25.9 Å². The summed E-state index contributed by atoms with van der Waals surface area (Å²) in [6.45, 7) is 0. The molecule has 0 aromatic heterocycles. The third-order valence-electron chi connectivity index (χ3n) is 0.160. The molecule has 0 rings (SSSR count). The second-order valence-corrected chi connectivity index (χ2v) is 1.85. The molecule has 0 aromatic rings. The van der Waals surface area contributed by atoms with Gasteiger partial charge in [0.2, 0.25) is 4.69 Å². The second-order valence-electron chi connectivity index (χ2n) is 0.559. The van der Waals surface area contributed by atoms with Crippen molar-refractivity contribution in [2.45, 2.75) is 0 Å². The molecule has 0 aromatic carbocycles. The van der Waals surface area contributed by atoms with E-state index in [0.29, 0.717) is 6.16 Å². The van der Waals surface area contributed by atoms with Crippen molar-refractivity contribution in [3.05, 3.63) is 0 Å². The minimum absolute atomic E-state index is 0. The smallest absolute Gasteiger partial charge is 0.201 e. The van der Waals surface area contributed by atoms with Crippen molar-refractivity contribution >= 4 is 29.9 Å². The molecule has 0 N–H and O–H groups in total. The van der Waals surface area contributed by atoms with E-state index in [1.807, 2.05) is 0 Å². The van der Waals surface area contributed by atoms with Gasteiger partial charge in [0.05, 0.1) is 0 Å². The van der Waals surface area contributed by atoms with E-state index in [9.17, 15) is 4.79 Å². The van der Waals surface area contributed by atoms with E-state index in [0.717, 1.165) is 0 Å². The van der Waals surface area contributed by atoms with Crippen molar-refractivity contribution in [1.82, 2.24) is 0 Å². The van der Waals surface area contributed by atoms with Gasteiger partial charge in [-0.25, -0.2) is 0 Å². The molecule has 1 atom stereocenters. The molecule has 0 saturated carbocycles. The van der Waals surface area contributed by atoms with Gasteiger partial charge in [0, 0.05) is 27.2 Å². The van der Waals surface area contributed by atoms with Crippen LogP contribution in [0.1, 0.15) is 0 Å². The van der Waals surface area contributed by atoms with Crippen LogP contribution in [0, 0.1) is 0 Å². The Balaban J connectivity index is 0. The average Bonchev–Trinajstić information content (AvgIpc) is 1.38. The molecule has 0 aliphatic rings. The molecule has 0 saturated heterocycles. The van der Waals surface area contributed by atoms with Gasteiger partial charge in [-0.2, -0.15) is 0 Å². The maximum atomic E-state index is 9.71. The van der Waals surface area contributed by atoms with Crippen molar-refractivity contribution in [1.29, 1.82) is 0 Å². The molecule has 0 amide bonds. The van der Waals surface area contributed by atoms with Gasteiger partial charge in [0.1, 0.15) is 0 Å². The molecule has 0 heterocycles. The van der Waals surface area contributed by atoms with E-state index >= 15 is 0 Å². The molecule has 4 heteroatoms. The third kappa shape index (κ3) is 8.99. The third-order valence-corrected chi connectivity index (χ3v) is 1.45. The molecular weight excluding hydrogens is 346 g/mol. The van der Waals surface area contributed by atoms with E-state index in [1.54, 1.807) is 0 Å². The number of carbonyl (C=O) groups is 1. The minimum Gasteiger partial charge on any atom is -0.286 e. The summed E-state index contributed by atoms with van der Waals surface area (Å²) < 4.78 is 0.0301. The largest absolute Gasteiger partial charge is 0.286 e. The summed E-state index contributed by atoms with van der Waals surface area (Å²) in [5, 5.41) is 0. The first-order chi connectivity index (χ1) is 2.27. The Bertz CT molecular complexity index is 48.8. The van der Waals surface area contributed by atoms with Crippen LogP contribution in [0.2, 0.25) is 0 Å². The molecular formula is C2H4BrOPPt. The van der Waals surface area contributed by atoms with Gasteiger partial charge in [-0.3, -0.25) is 4.79 Å². The summed E-state index contributed by atoms with van der Waals surface area (Å²) in [4.78, 5) is 9.71. The molecule has 0 radical (unpaired) electrons. The number of halogens is 1. The van der Waals surface area contributed by atoms with Crippen LogP contribution in [0.5, 0.6) is 0 Å². The Morgan fingerprint density at radius 2 is 2.00 bits per heavy atom.